The summed E-state index contributed by atoms with van der Waals surface area (Å²) in [6.07, 6.45) is 1.02. The maximum atomic E-state index is 11.5. The van der Waals surface area contributed by atoms with E-state index < -0.39 is 21.5 Å². The number of carbonyl (C=O) groups is 2. The lowest BCUT2D eigenvalue weighted by Crippen LogP contribution is -2.43. The molecule has 0 aromatic heterocycles. The van der Waals surface area contributed by atoms with Crippen LogP contribution in [0.2, 0.25) is 0 Å². The molecule has 0 aliphatic rings. The molecule has 99 valence electrons. The molecular weight excluding hydrogens is 310 g/mol. The number of carbonyl (C=O) groups excluding carboxylic acids is 2. The smallest absolute Gasteiger partial charge is 0.262 e. The molecule has 0 aliphatic carbocycles. The van der Waals surface area contributed by atoms with Crippen LogP contribution in [-0.2, 0) is 9.59 Å². The first-order valence-corrected chi connectivity index (χ1v) is 6.52. The number of hydrogen-bond acceptors (Lipinski definition) is 3. The Morgan fingerprint density at radius 3 is 1.82 bits per heavy atom. The second-order valence-electron chi connectivity index (χ2n) is 3.33. The molecule has 0 aromatic carbocycles. The molecule has 0 saturated carbocycles. The summed E-state index contributed by atoms with van der Waals surface area (Å²) < 4.78 is 0. The van der Waals surface area contributed by atoms with Gasteiger partial charge in [0, 0.05) is 12.6 Å². The minimum atomic E-state index is -1.33. The van der Waals surface area contributed by atoms with Crippen LogP contribution in [0.3, 0.4) is 0 Å². The monoisotopic (exact) mass is 321 g/mol. The lowest BCUT2D eigenvalue weighted by atomic mass is 10.2. The van der Waals surface area contributed by atoms with Gasteiger partial charge in [-0.05, 0) is 19.8 Å². The molecule has 0 bridgehead atoms. The van der Waals surface area contributed by atoms with Gasteiger partial charge in [-0.15, -0.1) is 0 Å². The molecule has 0 spiro atoms. The van der Waals surface area contributed by atoms with Crippen molar-refractivity contribution in [2.75, 3.05) is 6.54 Å². The fourth-order valence-electron chi connectivity index (χ4n) is 1.08. The standard InChI is InChI=1S/C9H13Cl4N2O2/c1-5(14)3-2-4-15(8(16)6(10)11)9(17)7(12)13/h5-7H,1-4,14H2. The highest BCUT2D eigenvalue weighted by molar-refractivity contribution is 6.56. The third-order valence-corrected chi connectivity index (χ3v) is 2.61. The fraction of sp³-hybridized carbons (Fsp3) is 0.667. The number of nitrogens with zero attached hydrogens (tertiary/aromatic N) is 1. The number of amides is 2. The van der Waals surface area contributed by atoms with E-state index in [2.05, 4.69) is 6.92 Å². The minimum Gasteiger partial charge on any atom is -0.328 e. The zero-order valence-corrected chi connectivity index (χ0v) is 11.9. The van der Waals surface area contributed by atoms with E-state index in [1.807, 2.05) is 0 Å². The van der Waals surface area contributed by atoms with Gasteiger partial charge in [-0.3, -0.25) is 14.5 Å². The molecule has 1 atom stereocenters. The third kappa shape index (κ3) is 6.67. The quantitative estimate of drug-likeness (QED) is 0.759. The number of rotatable bonds is 6. The van der Waals surface area contributed by atoms with Gasteiger partial charge in [0.15, 0.2) is 9.67 Å². The van der Waals surface area contributed by atoms with E-state index in [9.17, 15) is 9.59 Å². The Kier molecular flexibility index (Phi) is 8.51. The lowest BCUT2D eigenvalue weighted by molar-refractivity contribution is -0.142. The molecular formula is C9H13Cl4N2O2. The Bertz CT molecular complexity index is 252. The van der Waals surface area contributed by atoms with Crippen molar-refractivity contribution in [1.82, 2.24) is 4.90 Å². The summed E-state index contributed by atoms with van der Waals surface area (Å²) in [5.74, 6) is -1.50. The van der Waals surface area contributed by atoms with Crippen molar-refractivity contribution in [2.45, 2.75) is 28.6 Å². The molecule has 1 unspecified atom stereocenters. The zero-order chi connectivity index (χ0) is 13.6. The second kappa shape index (κ2) is 8.38. The lowest BCUT2D eigenvalue weighted by Gasteiger charge is -2.22. The van der Waals surface area contributed by atoms with Gasteiger partial charge in [0.2, 0.25) is 0 Å². The second-order valence-corrected chi connectivity index (χ2v) is 5.52. The Labute approximate surface area is 120 Å². The highest BCUT2D eigenvalue weighted by atomic mass is 35.5. The largest absolute Gasteiger partial charge is 0.328 e. The van der Waals surface area contributed by atoms with Crippen LogP contribution < -0.4 is 5.73 Å². The van der Waals surface area contributed by atoms with E-state index in [0.29, 0.717) is 12.8 Å². The number of hydrogen-bond donors (Lipinski definition) is 1. The van der Waals surface area contributed by atoms with Crippen LogP contribution in [0.25, 0.3) is 0 Å². The van der Waals surface area contributed by atoms with Crippen LogP contribution in [-0.4, -0.2) is 39.0 Å². The Morgan fingerprint density at radius 2 is 1.53 bits per heavy atom. The molecule has 17 heavy (non-hydrogen) atoms. The van der Waals surface area contributed by atoms with Crippen LogP contribution in [0.4, 0.5) is 0 Å². The first-order valence-electron chi connectivity index (χ1n) is 4.77. The van der Waals surface area contributed by atoms with Gasteiger partial charge < -0.3 is 5.73 Å². The van der Waals surface area contributed by atoms with Gasteiger partial charge in [0.05, 0.1) is 0 Å². The van der Waals surface area contributed by atoms with Crippen molar-refractivity contribution < 1.29 is 9.59 Å². The highest BCUT2D eigenvalue weighted by Gasteiger charge is 2.29. The maximum Gasteiger partial charge on any atom is 0.262 e. The average molecular weight is 323 g/mol. The van der Waals surface area contributed by atoms with Gasteiger partial charge in [0.25, 0.3) is 11.8 Å². The molecule has 8 heteroatoms. The Morgan fingerprint density at radius 1 is 1.12 bits per heavy atom. The van der Waals surface area contributed by atoms with E-state index in [0.717, 1.165) is 4.90 Å². The highest BCUT2D eigenvalue weighted by Crippen LogP contribution is 2.14. The number of halogens is 4. The summed E-state index contributed by atoms with van der Waals surface area (Å²) in [7, 11) is 0. The Balaban J connectivity index is 4.52. The zero-order valence-electron chi connectivity index (χ0n) is 8.91. The van der Waals surface area contributed by atoms with Crippen LogP contribution in [0.15, 0.2) is 0 Å². The molecule has 0 heterocycles. The van der Waals surface area contributed by atoms with Crippen LogP contribution in [0.1, 0.15) is 12.8 Å². The predicted molar refractivity (Wildman–Crippen MR) is 70.3 cm³/mol. The maximum absolute atomic E-state index is 11.5. The van der Waals surface area contributed by atoms with Gasteiger partial charge in [-0.1, -0.05) is 46.4 Å². The third-order valence-electron chi connectivity index (χ3n) is 1.86. The minimum absolute atomic E-state index is 0.104. The molecule has 2 amide bonds. The van der Waals surface area contributed by atoms with Crippen molar-refractivity contribution in [3.8, 4) is 0 Å². The van der Waals surface area contributed by atoms with Crippen LogP contribution in [0.5, 0.6) is 0 Å². The predicted octanol–water partition coefficient (Wildman–Crippen LogP) is 1.89. The summed E-state index contributed by atoms with van der Waals surface area (Å²) >= 11 is 21.6. The SMILES string of the molecule is [CH2]C(N)CCCN(C(=O)C(Cl)Cl)C(=O)C(Cl)Cl. The normalized spacial score (nSPS) is 12.9. The van der Waals surface area contributed by atoms with Crippen LogP contribution in [0, 0.1) is 6.92 Å². The van der Waals surface area contributed by atoms with Crippen molar-refractivity contribution in [2.24, 2.45) is 5.73 Å². The van der Waals surface area contributed by atoms with E-state index in [-0.39, 0.29) is 12.6 Å². The van der Waals surface area contributed by atoms with Crippen molar-refractivity contribution in [3.63, 3.8) is 0 Å². The topological polar surface area (TPSA) is 63.4 Å². The summed E-state index contributed by atoms with van der Waals surface area (Å²) in [6, 6.07) is -0.271. The summed E-state index contributed by atoms with van der Waals surface area (Å²) in [5, 5.41) is 0. The number of alkyl halides is 4. The summed E-state index contributed by atoms with van der Waals surface area (Å²) in [5.41, 5.74) is 5.45. The summed E-state index contributed by atoms with van der Waals surface area (Å²) in [4.78, 5) is 21.2. The molecule has 0 aromatic rings. The van der Waals surface area contributed by atoms with E-state index in [4.69, 9.17) is 52.1 Å². The molecule has 0 rings (SSSR count). The van der Waals surface area contributed by atoms with Crippen molar-refractivity contribution >= 4 is 58.2 Å². The van der Waals surface area contributed by atoms with Gasteiger partial charge >= 0.3 is 0 Å². The molecule has 1 radical (unpaired) electrons. The van der Waals surface area contributed by atoms with Gasteiger partial charge in [-0.25, -0.2) is 0 Å². The average Bonchev–Trinajstić information content (AvgIpc) is 2.21. The first kappa shape index (κ1) is 17.3. The molecule has 4 nitrogen and oxygen atoms in total. The molecule has 0 saturated heterocycles. The van der Waals surface area contributed by atoms with Crippen LogP contribution >= 0.6 is 46.4 Å². The molecule has 0 fully saturated rings. The molecule has 2 N–H and O–H groups in total. The van der Waals surface area contributed by atoms with E-state index in [1.165, 1.54) is 0 Å². The van der Waals surface area contributed by atoms with Crippen molar-refractivity contribution in [3.05, 3.63) is 6.92 Å². The van der Waals surface area contributed by atoms with E-state index >= 15 is 0 Å². The number of nitrogens with two attached hydrogens (primary N) is 1. The van der Waals surface area contributed by atoms with Gasteiger partial charge in [-0.2, -0.15) is 0 Å². The summed E-state index contributed by atoms with van der Waals surface area (Å²) in [6.45, 7) is 3.68. The Hall–Kier alpha value is 0.260. The fourth-order valence-corrected chi connectivity index (χ4v) is 1.55. The first-order chi connectivity index (χ1) is 7.77. The van der Waals surface area contributed by atoms with Gasteiger partial charge in [0.1, 0.15) is 0 Å². The van der Waals surface area contributed by atoms with E-state index in [1.54, 1.807) is 0 Å². The molecule has 0 aliphatic heterocycles. The number of imide groups is 1. The van der Waals surface area contributed by atoms with Crippen molar-refractivity contribution in [1.29, 1.82) is 0 Å².